The van der Waals surface area contributed by atoms with Gasteiger partial charge < -0.3 is 24.7 Å². The van der Waals surface area contributed by atoms with Crippen LogP contribution in [0, 0.1) is 5.92 Å². The second-order valence-corrected chi connectivity index (χ2v) is 7.14. The minimum absolute atomic E-state index is 0.250. The molecule has 3 aromatic heterocycles. The smallest absolute Gasteiger partial charge is 0.290 e. The van der Waals surface area contributed by atoms with Crippen molar-refractivity contribution in [2.24, 2.45) is 13.0 Å². The van der Waals surface area contributed by atoms with Gasteiger partial charge in [-0.3, -0.25) is 9.59 Å². The molecule has 1 aliphatic carbocycles. The van der Waals surface area contributed by atoms with Crippen molar-refractivity contribution in [2.75, 3.05) is 12.4 Å². The van der Waals surface area contributed by atoms with Crippen LogP contribution in [0.3, 0.4) is 0 Å². The number of pyridine rings is 1. The molecule has 0 aliphatic heterocycles. The number of aryl methyl sites for hydroxylation is 1. The van der Waals surface area contributed by atoms with Crippen molar-refractivity contribution >= 4 is 40.1 Å². The Morgan fingerprint density at radius 1 is 1.35 bits per heavy atom. The third-order valence-corrected chi connectivity index (χ3v) is 5.25. The molecule has 2 atom stereocenters. The first-order chi connectivity index (χ1) is 15.0. The molecule has 5 rings (SSSR count). The maximum absolute atomic E-state index is 13.1. The maximum atomic E-state index is 13.1. The molecule has 0 radical (unpaired) electrons. The minimum atomic E-state index is -1.03. The molecule has 3 heterocycles. The van der Waals surface area contributed by atoms with Crippen molar-refractivity contribution in [3.63, 3.8) is 0 Å². The van der Waals surface area contributed by atoms with E-state index in [4.69, 9.17) is 14.6 Å². The highest BCUT2D eigenvalue weighted by Gasteiger charge is 2.43. The maximum Gasteiger partial charge on any atom is 0.290 e. The summed E-state index contributed by atoms with van der Waals surface area (Å²) in [5, 5.41) is 10.5. The first-order valence-electron chi connectivity index (χ1n) is 9.46. The predicted octanol–water partition coefficient (Wildman–Crippen LogP) is 3.12. The van der Waals surface area contributed by atoms with Crippen molar-refractivity contribution in [2.45, 2.75) is 12.6 Å². The third kappa shape index (κ3) is 3.79. The molecule has 4 aromatic rings. The van der Waals surface area contributed by atoms with Crippen molar-refractivity contribution in [3.05, 3.63) is 36.8 Å². The van der Waals surface area contributed by atoms with Gasteiger partial charge in [-0.05, 0) is 24.6 Å². The number of methoxy groups -OCH3 is 1. The molecule has 1 aliphatic rings. The van der Waals surface area contributed by atoms with E-state index in [9.17, 15) is 9.18 Å². The van der Waals surface area contributed by atoms with Crippen molar-refractivity contribution in [1.29, 1.82) is 0 Å². The molecule has 0 saturated heterocycles. The Kier molecular flexibility index (Phi) is 5.28. The monoisotopic (exact) mass is 425 g/mol. The zero-order chi connectivity index (χ0) is 22.1. The summed E-state index contributed by atoms with van der Waals surface area (Å²) in [6.45, 7) is -0.250. The number of carboxylic acid groups (broad SMARTS) is 1. The van der Waals surface area contributed by atoms with Gasteiger partial charge in [0.1, 0.15) is 17.7 Å². The number of anilines is 1. The first kappa shape index (κ1) is 20.3. The fraction of sp³-hybridized carbons (Fsp3) is 0.238. The number of alkyl halides is 1. The van der Waals surface area contributed by atoms with Gasteiger partial charge in [-0.1, -0.05) is 0 Å². The number of rotatable bonds is 4. The number of hydrogen-bond acceptors (Lipinski definition) is 5. The number of halogens is 1. The molecular weight excluding hydrogens is 405 g/mol. The number of amides is 1. The number of H-pyrrole nitrogens is 1. The van der Waals surface area contributed by atoms with Crippen LogP contribution in [-0.4, -0.2) is 50.3 Å². The number of ether oxygens (including phenoxy) is 1. The molecule has 1 aromatic carbocycles. The highest BCUT2D eigenvalue weighted by molar-refractivity contribution is 5.97. The molecule has 9 nitrogen and oxygen atoms in total. The van der Waals surface area contributed by atoms with Crippen LogP contribution in [0.5, 0.6) is 5.75 Å². The quantitative estimate of drug-likeness (QED) is 0.432. The fourth-order valence-electron chi connectivity index (χ4n) is 3.55. The highest BCUT2D eigenvalue weighted by atomic mass is 19.1. The van der Waals surface area contributed by atoms with Crippen LogP contribution in [0.2, 0.25) is 0 Å². The minimum Gasteiger partial charge on any atom is -0.496 e. The van der Waals surface area contributed by atoms with Crippen LogP contribution in [0.25, 0.3) is 33.2 Å². The van der Waals surface area contributed by atoms with E-state index in [0.29, 0.717) is 12.2 Å². The summed E-state index contributed by atoms with van der Waals surface area (Å²) in [5.41, 5.74) is 4.52. The van der Waals surface area contributed by atoms with E-state index in [-0.39, 0.29) is 12.4 Å². The van der Waals surface area contributed by atoms with Crippen LogP contribution in [0.1, 0.15) is 6.42 Å². The highest BCUT2D eigenvalue weighted by Crippen LogP contribution is 2.37. The molecule has 10 heteroatoms. The summed E-state index contributed by atoms with van der Waals surface area (Å²) in [6, 6.07) is 7.71. The van der Waals surface area contributed by atoms with E-state index in [1.165, 1.54) is 0 Å². The van der Waals surface area contributed by atoms with Crippen molar-refractivity contribution < 1.29 is 23.8 Å². The Morgan fingerprint density at radius 3 is 2.77 bits per heavy atom. The summed E-state index contributed by atoms with van der Waals surface area (Å²) in [4.78, 5) is 32.0. The number of carbonyl (C=O) groups excluding carboxylic acids is 1. The van der Waals surface area contributed by atoms with Crippen LogP contribution in [0.4, 0.5) is 10.2 Å². The predicted molar refractivity (Wildman–Crippen MR) is 113 cm³/mol. The van der Waals surface area contributed by atoms with Gasteiger partial charge in [0.05, 0.1) is 47.8 Å². The summed E-state index contributed by atoms with van der Waals surface area (Å²) in [5.74, 6) is 0.274. The molecule has 0 bridgehead atoms. The molecule has 1 fully saturated rings. The molecule has 1 amide bonds. The van der Waals surface area contributed by atoms with E-state index in [1.54, 1.807) is 25.7 Å². The number of aromatic nitrogens is 4. The second kappa shape index (κ2) is 8.05. The van der Waals surface area contributed by atoms with Gasteiger partial charge in [-0.15, -0.1) is 0 Å². The number of nitrogens with zero attached hydrogens (tertiary/aromatic N) is 3. The number of fused-ring (bicyclic) bond motifs is 2. The Hall–Kier alpha value is -3.95. The van der Waals surface area contributed by atoms with Crippen LogP contribution in [0.15, 0.2) is 36.8 Å². The van der Waals surface area contributed by atoms with Crippen LogP contribution in [-0.2, 0) is 16.6 Å². The lowest BCUT2D eigenvalue weighted by molar-refractivity contribution is -0.123. The van der Waals surface area contributed by atoms with Crippen molar-refractivity contribution in [3.8, 4) is 17.0 Å². The van der Waals surface area contributed by atoms with Crippen molar-refractivity contribution in [1.82, 2.24) is 19.5 Å². The Labute approximate surface area is 175 Å². The summed E-state index contributed by atoms with van der Waals surface area (Å²) >= 11 is 0. The number of aromatic amines is 1. The average Bonchev–Trinajstić information content (AvgIpc) is 3.17. The number of hydrogen-bond donors (Lipinski definition) is 3. The van der Waals surface area contributed by atoms with Gasteiger partial charge in [-0.2, -0.15) is 0 Å². The van der Waals surface area contributed by atoms with Crippen LogP contribution < -0.4 is 10.1 Å². The number of imidazole rings is 1. The summed E-state index contributed by atoms with van der Waals surface area (Å²) < 4.78 is 20.7. The Morgan fingerprint density at radius 2 is 2.10 bits per heavy atom. The van der Waals surface area contributed by atoms with Gasteiger partial charge in [0.25, 0.3) is 6.47 Å². The normalized spacial score (nSPS) is 17.1. The standard InChI is InChI=1S/C20H18FN5O2.CH2O2/c1-26-16(12-6-14-15(24-9-23-14)7-18(12)28-2)3-10-4-19(22-8-17(10)26)25-20(27)11-5-13(11)21;2-1-3/h3-4,6-9,11,13H,5H2,1-2H3,(H,23,24)(H,22,25,27);1H,(H,2,3)/t11-,13+;/m1./s1. The lowest BCUT2D eigenvalue weighted by atomic mass is 10.1. The molecule has 0 spiro atoms. The molecular formula is C21H20FN5O4. The van der Waals surface area contributed by atoms with Gasteiger partial charge >= 0.3 is 0 Å². The first-order valence-corrected chi connectivity index (χ1v) is 9.46. The SMILES string of the molecule is COc1cc2nc[nH]c2cc1-c1cc2cc(NC(=O)[C@@H]3C[C@@H]3F)ncc2n1C.O=CO. The summed E-state index contributed by atoms with van der Waals surface area (Å²) in [6.07, 6.45) is 2.61. The average molecular weight is 425 g/mol. The second-order valence-electron chi connectivity index (χ2n) is 7.14. The van der Waals surface area contributed by atoms with E-state index >= 15 is 0 Å². The topological polar surface area (TPSA) is 122 Å². The largest absolute Gasteiger partial charge is 0.496 e. The molecule has 1 saturated carbocycles. The number of benzene rings is 1. The molecule has 3 N–H and O–H groups in total. The van der Waals surface area contributed by atoms with Gasteiger partial charge in [0.2, 0.25) is 5.91 Å². The molecule has 31 heavy (non-hydrogen) atoms. The Bertz CT molecular complexity index is 1280. The number of carbonyl (C=O) groups is 2. The van der Waals surface area contributed by atoms with Gasteiger partial charge in [-0.25, -0.2) is 14.4 Å². The van der Waals surface area contributed by atoms with E-state index in [2.05, 4.69) is 20.3 Å². The molecule has 0 unspecified atom stereocenters. The zero-order valence-corrected chi connectivity index (χ0v) is 16.8. The lowest BCUT2D eigenvalue weighted by Crippen LogP contribution is -2.15. The zero-order valence-electron chi connectivity index (χ0n) is 16.8. The summed E-state index contributed by atoms with van der Waals surface area (Å²) in [7, 11) is 3.58. The van der Waals surface area contributed by atoms with Gasteiger partial charge in [0, 0.05) is 24.1 Å². The molecule has 160 valence electrons. The van der Waals surface area contributed by atoms with Gasteiger partial charge in [0.15, 0.2) is 0 Å². The third-order valence-electron chi connectivity index (χ3n) is 5.25. The van der Waals surface area contributed by atoms with E-state index < -0.39 is 12.1 Å². The van der Waals surface area contributed by atoms with Crippen LogP contribution >= 0.6 is 0 Å². The lowest BCUT2D eigenvalue weighted by Gasteiger charge is -2.10. The fourth-order valence-corrected chi connectivity index (χ4v) is 3.55. The van der Waals surface area contributed by atoms with E-state index in [0.717, 1.165) is 38.9 Å². The Balaban J connectivity index is 0.000000730. The number of nitrogens with one attached hydrogen (secondary N) is 2. The van der Waals surface area contributed by atoms with E-state index in [1.807, 2.05) is 29.8 Å².